The molecule has 1 rings (SSSR count). The summed E-state index contributed by atoms with van der Waals surface area (Å²) in [6.45, 7) is 5.36. The van der Waals surface area contributed by atoms with Crippen molar-refractivity contribution in [2.75, 3.05) is 0 Å². The van der Waals surface area contributed by atoms with E-state index in [9.17, 15) is 4.79 Å². The SMILES string of the molecule is CC(C)(C)OC(=O)n1cnnc1CCl. The molecule has 6 heteroatoms. The Kier molecular flexibility index (Phi) is 3.10. The Morgan fingerprint density at radius 3 is 2.79 bits per heavy atom. The molecule has 0 fully saturated rings. The Balaban J connectivity index is 2.80. The zero-order chi connectivity index (χ0) is 10.8. The van der Waals surface area contributed by atoms with Gasteiger partial charge in [-0.2, -0.15) is 0 Å². The molecule has 0 aromatic carbocycles. The highest BCUT2D eigenvalue weighted by Gasteiger charge is 2.19. The molecule has 0 saturated heterocycles. The third kappa shape index (κ3) is 2.70. The molecule has 0 N–H and O–H groups in total. The average Bonchev–Trinajstić information content (AvgIpc) is 2.47. The van der Waals surface area contributed by atoms with Gasteiger partial charge in [0.05, 0.1) is 5.88 Å². The third-order valence-corrected chi connectivity index (χ3v) is 1.57. The third-order valence-electron chi connectivity index (χ3n) is 1.33. The van der Waals surface area contributed by atoms with Crippen LogP contribution in [0, 0.1) is 0 Å². The molecule has 1 heterocycles. The maximum atomic E-state index is 11.5. The van der Waals surface area contributed by atoms with Gasteiger partial charge < -0.3 is 4.74 Å². The molecule has 1 aromatic heterocycles. The summed E-state index contributed by atoms with van der Waals surface area (Å²) in [7, 11) is 0. The van der Waals surface area contributed by atoms with E-state index in [-0.39, 0.29) is 5.88 Å². The highest BCUT2D eigenvalue weighted by Crippen LogP contribution is 2.10. The Morgan fingerprint density at radius 1 is 1.64 bits per heavy atom. The van der Waals surface area contributed by atoms with Gasteiger partial charge in [0.2, 0.25) is 0 Å². The number of rotatable bonds is 1. The predicted molar refractivity (Wildman–Crippen MR) is 51.2 cm³/mol. The van der Waals surface area contributed by atoms with Crippen molar-refractivity contribution in [1.29, 1.82) is 0 Å². The smallest absolute Gasteiger partial charge is 0.421 e. The molecule has 0 saturated carbocycles. The van der Waals surface area contributed by atoms with Gasteiger partial charge in [0.1, 0.15) is 11.9 Å². The van der Waals surface area contributed by atoms with Crippen LogP contribution in [0.3, 0.4) is 0 Å². The fourth-order valence-corrected chi connectivity index (χ4v) is 0.996. The van der Waals surface area contributed by atoms with E-state index in [4.69, 9.17) is 16.3 Å². The van der Waals surface area contributed by atoms with Crippen LogP contribution in [-0.4, -0.2) is 26.5 Å². The summed E-state index contributed by atoms with van der Waals surface area (Å²) in [5.74, 6) is 0.500. The number of carbonyl (C=O) groups is 1. The number of hydrogen-bond acceptors (Lipinski definition) is 4. The van der Waals surface area contributed by atoms with Gasteiger partial charge in [0.25, 0.3) is 0 Å². The number of alkyl halides is 1. The van der Waals surface area contributed by atoms with E-state index >= 15 is 0 Å². The van der Waals surface area contributed by atoms with E-state index in [1.165, 1.54) is 10.9 Å². The van der Waals surface area contributed by atoms with E-state index < -0.39 is 11.7 Å². The van der Waals surface area contributed by atoms with Crippen molar-refractivity contribution in [2.24, 2.45) is 0 Å². The molecule has 0 spiro atoms. The zero-order valence-electron chi connectivity index (χ0n) is 8.32. The van der Waals surface area contributed by atoms with Crippen LogP contribution in [0.1, 0.15) is 26.6 Å². The molecule has 5 nitrogen and oxygen atoms in total. The van der Waals surface area contributed by atoms with Crippen LogP contribution in [0.2, 0.25) is 0 Å². The summed E-state index contributed by atoms with van der Waals surface area (Å²) in [5, 5.41) is 7.24. The molecule has 0 amide bonds. The lowest BCUT2D eigenvalue weighted by atomic mass is 10.2. The molecule has 0 radical (unpaired) electrons. The van der Waals surface area contributed by atoms with Gasteiger partial charge in [-0.3, -0.25) is 0 Å². The lowest BCUT2D eigenvalue weighted by Crippen LogP contribution is -2.27. The summed E-state index contributed by atoms with van der Waals surface area (Å²) < 4.78 is 6.30. The fourth-order valence-electron chi connectivity index (χ4n) is 0.814. The molecule has 0 unspecified atom stereocenters. The summed E-state index contributed by atoms with van der Waals surface area (Å²) in [5.41, 5.74) is -0.537. The monoisotopic (exact) mass is 217 g/mol. The van der Waals surface area contributed by atoms with Crippen molar-refractivity contribution in [1.82, 2.24) is 14.8 Å². The lowest BCUT2D eigenvalue weighted by molar-refractivity contribution is 0.0532. The highest BCUT2D eigenvalue weighted by atomic mass is 35.5. The van der Waals surface area contributed by atoms with E-state index in [1.807, 2.05) is 0 Å². The largest absolute Gasteiger partial charge is 0.443 e. The van der Waals surface area contributed by atoms with Crippen LogP contribution < -0.4 is 0 Å². The van der Waals surface area contributed by atoms with Crippen LogP contribution >= 0.6 is 11.6 Å². The molecule has 1 aromatic rings. The first-order valence-electron chi connectivity index (χ1n) is 4.12. The Morgan fingerprint density at radius 2 is 2.29 bits per heavy atom. The van der Waals surface area contributed by atoms with Crippen LogP contribution in [0.4, 0.5) is 4.79 Å². The molecular formula is C8H12ClN3O2. The Bertz CT molecular complexity index is 330. The molecular weight excluding hydrogens is 206 g/mol. The quantitative estimate of drug-likeness (QED) is 0.673. The van der Waals surface area contributed by atoms with E-state index in [0.29, 0.717) is 5.82 Å². The van der Waals surface area contributed by atoms with E-state index in [2.05, 4.69) is 10.2 Å². The number of hydrogen-bond donors (Lipinski definition) is 0. The zero-order valence-corrected chi connectivity index (χ0v) is 9.08. The summed E-state index contributed by atoms with van der Waals surface area (Å²) in [6.07, 6.45) is 0.768. The second-order valence-corrected chi connectivity index (χ2v) is 4.00. The van der Waals surface area contributed by atoms with Crippen molar-refractivity contribution in [3.63, 3.8) is 0 Å². The number of nitrogens with zero attached hydrogens (tertiary/aromatic N) is 3. The van der Waals surface area contributed by atoms with Crippen molar-refractivity contribution in [3.8, 4) is 0 Å². The first-order chi connectivity index (χ1) is 6.44. The van der Waals surface area contributed by atoms with E-state index in [1.54, 1.807) is 20.8 Å². The first-order valence-corrected chi connectivity index (χ1v) is 4.65. The Labute approximate surface area is 87.0 Å². The number of ether oxygens (including phenoxy) is 1. The van der Waals surface area contributed by atoms with Crippen LogP contribution in [0.15, 0.2) is 6.33 Å². The van der Waals surface area contributed by atoms with Gasteiger partial charge in [-0.25, -0.2) is 9.36 Å². The van der Waals surface area contributed by atoms with Gasteiger partial charge in [0.15, 0.2) is 5.82 Å². The molecule has 0 aliphatic heterocycles. The summed E-state index contributed by atoms with van der Waals surface area (Å²) >= 11 is 5.56. The Hall–Kier alpha value is -1.10. The van der Waals surface area contributed by atoms with Crippen molar-refractivity contribution >= 4 is 17.7 Å². The van der Waals surface area contributed by atoms with Gasteiger partial charge >= 0.3 is 6.09 Å². The normalized spacial score (nSPS) is 11.4. The molecule has 14 heavy (non-hydrogen) atoms. The molecule has 0 atom stereocenters. The first kappa shape index (κ1) is 11.0. The van der Waals surface area contributed by atoms with Crippen molar-refractivity contribution in [3.05, 3.63) is 12.2 Å². The molecule has 78 valence electrons. The van der Waals surface area contributed by atoms with Gasteiger partial charge in [-0.15, -0.1) is 21.8 Å². The highest BCUT2D eigenvalue weighted by molar-refractivity contribution is 6.16. The maximum Gasteiger partial charge on any atom is 0.421 e. The number of carbonyl (C=O) groups excluding carboxylic acids is 1. The predicted octanol–water partition coefficient (Wildman–Crippen LogP) is 1.80. The number of aromatic nitrogens is 3. The topological polar surface area (TPSA) is 57.0 Å². The van der Waals surface area contributed by atoms with Crippen LogP contribution in [0.25, 0.3) is 0 Å². The van der Waals surface area contributed by atoms with Gasteiger partial charge in [-0.1, -0.05) is 0 Å². The maximum absolute atomic E-state index is 11.5. The second-order valence-electron chi connectivity index (χ2n) is 3.73. The van der Waals surface area contributed by atoms with Crippen molar-refractivity contribution < 1.29 is 9.53 Å². The molecule has 0 bridgehead atoms. The van der Waals surface area contributed by atoms with E-state index in [0.717, 1.165) is 0 Å². The van der Waals surface area contributed by atoms with Crippen molar-refractivity contribution in [2.45, 2.75) is 32.3 Å². The average molecular weight is 218 g/mol. The minimum atomic E-state index is -0.537. The standard InChI is InChI=1S/C8H12ClN3O2/c1-8(2,3)14-7(13)12-5-10-11-6(12)4-9/h5H,4H2,1-3H3. The summed E-state index contributed by atoms with van der Waals surface area (Å²) in [4.78, 5) is 11.5. The van der Waals surface area contributed by atoms with Gasteiger partial charge in [-0.05, 0) is 20.8 Å². The minimum absolute atomic E-state index is 0.124. The van der Waals surface area contributed by atoms with Gasteiger partial charge in [0, 0.05) is 0 Å². The minimum Gasteiger partial charge on any atom is -0.443 e. The molecule has 0 aliphatic carbocycles. The van der Waals surface area contributed by atoms with Crippen LogP contribution in [0.5, 0.6) is 0 Å². The van der Waals surface area contributed by atoms with Crippen LogP contribution in [-0.2, 0) is 10.6 Å². The molecule has 0 aliphatic rings. The summed E-state index contributed by atoms with van der Waals surface area (Å²) in [6, 6.07) is 0. The lowest BCUT2D eigenvalue weighted by Gasteiger charge is -2.19. The number of halogens is 1. The second kappa shape index (κ2) is 3.96. The fraction of sp³-hybridized carbons (Fsp3) is 0.625.